The Balaban J connectivity index is 2.37. The lowest BCUT2D eigenvalue weighted by Gasteiger charge is -2.13. The number of benzene rings is 1. The Hall–Kier alpha value is -1.72. The van der Waals surface area contributed by atoms with Gasteiger partial charge in [0.15, 0.2) is 0 Å². The first-order chi connectivity index (χ1) is 8.41. The van der Waals surface area contributed by atoms with E-state index in [-0.39, 0.29) is 6.10 Å². The lowest BCUT2D eigenvalue weighted by atomic mass is 10.1. The molecule has 1 saturated carbocycles. The summed E-state index contributed by atoms with van der Waals surface area (Å²) in [5, 5.41) is 2.20. The highest BCUT2D eigenvalue weighted by Crippen LogP contribution is 2.35. The summed E-state index contributed by atoms with van der Waals surface area (Å²) in [5.41, 5.74) is -1.37. The number of hydrogen-bond donors (Lipinski definition) is 1. The Bertz CT molecular complexity index is 467. The van der Waals surface area contributed by atoms with E-state index < -0.39 is 23.2 Å². The van der Waals surface area contributed by atoms with Crippen molar-refractivity contribution in [3.63, 3.8) is 0 Å². The Kier molecular flexibility index (Phi) is 3.19. The summed E-state index contributed by atoms with van der Waals surface area (Å²) in [6, 6.07) is 3.26. The third kappa shape index (κ3) is 2.75. The van der Waals surface area contributed by atoms with Gasteiger partial charge in [0.2, 0.25) is 0 Å². The van der Waals surface area contributed by atoms with Crippen molar-refractivity contribution in [2.45, 2.75) is 25.1 Å². The number of rotatable bonds is 3. The van der Waals surface area contributed by atoms with Crippen LogP contribution in [0.4, 0.5) is 13.2 Å². The van der Waals surface area contributed by atoms with Crippen molar-refractivity contribution in [2.75, 3.05) is 7.05 Å². The standard InChI is InChI=1S/C12H12F3NO2/c1-16-11(17)9-6-8(18-7-2-3-7)4-5-10(9)12(13,14)15/h4-7H,2-3H2,1H3,(H,16,17). The van der Waals surface area contributed by atoms with Crippen molar-refractivity contribution in [1.82, 2.24) is 5.32 Å². The van der Waals surface area contributed by atoms with Crippen molar-refractivity contribution in [3.05, 3.63) is 29.3 Å². The number of nitrogens with one attached hydrogen (secondary N) is 1. The number of halogens is 3. The minimum Gasteiger partial charge on any atom is -0.490 e. The molecule has 0 radical (unpaired) electrons. The van der Waals surface area contributed by atoms with Crippen LogP contribution in [0.3, 0.4) is 0 Å². The van der Waals surface area contributed by atoms with Gasteiger partial charge in [0.25, 0.3) is 5.91 Å². The van der Waals surface area contributed by atoms with Gasteiger partial charge in [0.05, 0.1) is 17.2 Å². The molecule has 0 bridgehead atoms. The topological polar surface area (TPSA) is 38.3 Å². The van der Waals surface area contributed by atoms with Crippen LogP contribution in [-0.4, -0.2) is 19.1 Å². The Morgan fingerprint density at radius 1 is 1.39 bits per heavy atom. The molecule has 0 spiro atoms. The van der Waals surface area contributed by atoms with Crippen LogP contribution in [-0.2, 0) is 6.18 Å². The second kappa shape index (κ2) is 4.51. The SMILES string of the molecule is CNC(=O)c1cc(OC2CC2)ccc1C(F)(F)F. The van der Waals surface area contributed by atoms with Gasteiger partial charge in [-0.25, -0.2) is 0 Å². The summed E-state index contributed by atoms with van der Waals surface area (Å²) in [6.45, 7) is 0. The van der Waals surface area contributed by atoms with Crippen LogP contribution in [0.1, 0.15) is 28.8 Å². The fourth-order valence-corrected chi connectivity index (χ4v) is 1.54. The summed E-state index contributed by atoms with van der Waals surface area (Å²) in [5.74, 6) is -0.479. The molecule has 0 atom stereocenters. The first-order valence-corrected chi connectivity index (χ1v) is 5.52. The molecule has 0 aromatic heterocycles. The Labute approximate surface area is 102 Å². The van der Waals surface area contributed by atoms with Gasteiger partial charge in [0, 0.05) is 7.05 Å². The number of carbonyl (C=O) groups excluding carboxylic acids is 1. The zero-order chi connectivity index (χ0) is 13.3. The number of carbonyl (C=O) groups is 1. The average Bonchev–Trinajstić information content (AvgIpc) is 3.10. The molecule has 1 aliphatic carbocycles. The van der Waals surface area contributed by atoms with E-state index in [0.717, 1.165) is 25.0 Å². The van der Waals surface area contributed by atoms with Gasteiger partial charge in [-0.2, -0.15) is 13.2 Å². The van der Waals surface area contributed by atoms with Gasteiger partial charge in [-0.05, 0) is 31.0 Å². The quantitative estimate of drug-likeness (QED) is 0.906. The van der Waals surface area contributed by atoms with E-state index in [2.05, 4.69) is 5.32 Å². The first-order valence-electron chi connectivity index (χ1n) is 5.52. The maximum Gasteiger partial charge on any atom is 0.417 e. The molecular weight excluding hydrogens is 247 g/mol. The molecule has 1 N–H and O–H groups in total. The van der Waals surface area contributed by atoms with E-state index in [9.17, 15) is 18.0 Å². The molecule has 0 aliphatic heterocycles. The zero-order valence-corrected chi connectivity index (χ0v) is 9.67. The van der Waals surface area contributed by atoms with Gasteiger partial charge in [-0.3, -0.25) is 4.79 Å². The average molecular weight is 259 g/mol. The van der Waals surface area contributed by atoms with Crippen molar-refractivity contribution in [2.24, 2.45) is 0 Å². The number of ether oxygens (including phenoxy) is 1. The van der Waals surface area contributed by atoms with Gasteiger partial charge in [0.1, 0.15) is 5.75 Å². The highest BCUT2D eigenvalue weighted by atomic mass is 19.4. The van der Waals surface area contributed by atoms with E-state index in [0.29, 0.717) is 5.75 Å². The van der Waals surface area contributed by atoms with E-state index in [1.54, 1.807) is 0 Å². The summed E-state index contributed by atoms with van der Waals surface area (Å²) in [7, 11) is 1.29. The number of amides is 1. The van der Waals surface area contributed by atoms with Gasteiger partial charge >= 0.3 is 6.18 Å². The predicted molar refractivity (Wildman–Crippen MR) is 58.5 cm³/mol. The van der Waals surface area contributed by atoms with E-state index in [1.807, 2.05) is 0 Å². The predicted octanol–water partition coefficient (Wildman–Crippen LogP) is 2.61. The highest BCUT2D eigenvalue weighted by Gasteiger charge is 2.35. The molecule has 18 heavy (non-hydrogen) atoms. The molecule has 2 rings (SSSR count). The van der Waals surface area contributed by atoms with Crippen LogP contribution < -0.4 is 10.1 Å². The maximum atomic E-state index is 12.7. The molecule has 1 amide bonds. The molecule has 1 aromatic carbocycles. The molecule has 0 saturated heterocycles. The largest absolute Gasteiger partial charge is 0.490 e. The second-order valence-corrected chi connectivity index (χ2v) is 4.10. The van der Waals surface area contributed by atoms with E-state index in [1.165, 1.54) is 13.1 Å². The fourth-order valence-electron chi connectivity index (χ4n) is 1.54. The van der Waals surface area contributed by atoms with Crippen molar-refractivity contribution in [1.29, 1.82) is 0 Å². The van der Waals surface area contributed by atoms with Gasteiger partial charge in [-0.15, -0.1) is 0 Å². The van der Waals surface area contributed by atoms with E-state index in [4.69, 9.17) is 4.74 Å². The molecule has 3 nitrogen and oxygen atoms in total. The Morgan fingerprint density at radius 3 is 2.56 bits per heavy atom. The minimum absolute atomic E-state index is 0.0688. The first kappa shape index (κ1) is 12.7. The summed E-state index contributed by atoms with van der Waals surface area (Å²) >= 11 is 0. The smallest absolute Gasteiger partial charge is 0.417 e. The van der Waals surface area contributed by atoms with Crippen LogP contribution in [0, 0.1) is 0 Å². The van der Waals surface area contributed by atoms with E-state index >= 15 is 0 Å². The molecule has 98 valence electrons. The normalized spacial score (nSPS) is 15.3. The molecular formula is C12H12F3NO2. The Morgan fingerprint density at radius 2 is 2.06 bits per heavy atom. The summed E-state index contributed by atoms with van der Waals surface area (Å²) in [6.07, 6.45) is -2.69. The fraction of sp³-hybridized carbons (Fsp3) is 0.417. The monoisotopic (exact) mass is 259 g/mol. The number of alkyl halides is 3. The molecule has 1 fully saturated rings. The lowest BCUT2D eigenvalue weighted by molar-refractivity contribution is -0.137. The second-order valence-electron chi connectivity index (χ2n) is 4.10. The maximum absolute atomic E-state index is 12.7. The van der Waals surface area contributed by atoms with Crippen LogP contribution in [0.2, 0.25) is 0 Å². The van der Waals surface area contributed by atoms with Crippen LogP contribution in [0.5, 0.6) is 5.75 Å². The van der Waals surface area contributed by atoms with Crippen LogP contribution in [0.25, 0.3) is 0 Å². The highest BCUT2D eigenvalue weighted by molar-refractivity contribution is 5.96. The lowest BCUT2D eigenvalue weighted by Crippen LogP contribution is -2.22. The molecule has 1 aromatic rings. The summed E-state index contributed by atoms with van der Waals surface area (Å²) < 4.78 is 43.6. The zero-order valence-electron chi connectivity index (χ0n) is 9.67. The van der Waals surface area contributed by atoms with Crippen LogP contribution in [0.15, 0.2) is 18.2 Å². The van der Waals surface area contributed by atoms with Crippen molar-refractivity contribution < 1.29 is 22.7 Å². The van der Waals surface area contributed by atoms with Gasteiger partial charge in [-0.1, -0.05) is 0 Å². The third-order valence-electron chi connectivity index (χ3n) is 2.60. The third-order valence-corrected chi connectivity index (χ3v) is 2.60. The summed E-state index contributed by atoms with van der Waals surface area (Å²) in [4.78, 5) is 11.5. The number of hydrogen-bond acceptors (Lipinski definition) is 2. The molecule has 1 aliphatic rings. The molecule has 0 heterocycles. The van der Waals surface area contributed by atoms with Crippen LogP contribution >= 0.6 is 0 Å². The van der Waals surface area contributed by atoms with Crippen molar-refractivity contribution >= 4 is 5.91 Å². The van der Waals surface area contributed by atoms with Crippen molar-refractivity contribution in [3.8, 4) is 5.75 Å². The minimum atomic E-state index is -4.56. The molecule has 6 heteroatoms. The van der Waals surface area contributed by atoms with Gasteiger partial charge < -0.3 is 10.1 Å². The molecule has 0 unspecified atom stereocenters.